The fraction of sp³-hybridized carbons (Fsp3) is 0.480. The first-order valence-electron chi connectivity index (χ1n) is 10.5. The van der Waals surface area contributed by atoms with E-state index in [1.165, 1.54) is 18.6 Å². The average molecular weight is 469 g/mol. The number of allylic oxidation sites excluding steroid dienone is 3. The molecule has 0 bridgehead atoms. The van der Waals surface area contributed by atoms with Crippen molar-refractivity contribution in [2.45, 2.75) is 33.6 Å². The summed E-state index contributed by atoms with van der Waals surface area (Å²) in [6.07, 6.45) is 7.34. The average Bonchev–Trinajstić information content (AvgIpc) is 2.78. The predicted molar refractivity (Wildman–Crippen MR) is 126 cm³/mol. The quantitative estimate of drug-likeness (QED) is 0.259. The second-order valence-corrected chi connectivity index (χ2v) is 6.66. The molecule has 1 fully saturated rings. The maximum atomic E-state index is 11.1. The van der Waals surface area contributed by atoms with Crippen LogP contribution in [0.4, 0.5) is 0 Å². The van der Waals surface area contributed by atoms with E-state index in [4.69, 9.17) is 9.47 Å². The van der Waals surface area contributed by atoms with Gasteiger partial charge in [-0.15, -0.1) is 5.70 Å². The number of nitrogens with zero attached hydrogens (tertiary/aromatic N) is 1. The van der Waals surface area contributed by atoms with Crippen molar-refractivity contribution in [3.05, 3.63) is 60.2 Å². The third-order valence-electron chi connectivity index (χ3n) is 4.34. The van der Waals surface area contributed by atoms with Gasteiger partial charge in [0.25, 0.3) is 0 Å². The van der Waals surface area contributed by atoms with Crippen molar-refractivity contribution >= 4 is 12.1 Å². The third-order valence-corrected chi connectivity index (χ3v) is 4.34. The van der Waals surface area contributed by atoms with Crippen LogP contribution in [0.25, 0.3) is 0 Å². The van der Waals surface area contributed by atoms with Crippen LogP contribution < -0.4 is 61.4 Å². The minimum atomic E-state index is -0.113. The Morgan fingerprint density at radius 3 is 2.34 bits per heavy atom. The number of rotatable bonds is 8. The van der Waals surface area contributed by atoms with E-state index in [9.17, 15) is 9.59 Å². The van der Waals surface area contributed by atoms with Crippen LogP contribution in [0.1, 0.15) is 32.3 Å². The van der Waals surface area contributed by atoms with E-state index >= 15 is 0 Å². The Labute approximate surface area is 237 Å². The second kappa shape index (κ2) is 22.0. The van der Waals surface area contributed by atoms with Crippen molar-refractivity contribution in [1.82, 2.24) is 10.2 Å². The van der Waals surface area contributed by atoms with Crippen LogP contribution in [0.3, 0.4) is 0 Å². The first kappa shape index (κ1) is 33.4. The minimum Gasteiger partial charge on any atom is -0.496 e. The number of ether oxygens (including phenoxy) is 2. The van der Waals surface area contributed by atoms with Gasteiger partial charge in [0.2, 0.25) is 0 Å². The summed E-state index contributed by atoms with van der Waals surface area (Å²) < 4.78 is 10.2. The number of aryl methyl sites for hydroxylation is 1. The van der Waals surface area contributed by atoms with Crippen molar-refractivity contribution in [1.29, 1.82) is 0 Å². The number of Topliss-reactive ketones (excluding diaryl/α,β-unsaturated/α-hetero) is 1. The second-order valence-electron chi connectivity index (χ2n) is 6.66. The summed E-state index contributed by atoms with van der Waals surface area (Å²) in [5.41, 5.74) is 2.05. The molecule has 0 radical (unpaired) electrons. The van der Waals surface area contributed by atoms with E-state index < -0.39 is 0 Å². The van der Waals surface area contributed by atoms with Gasteiger partial charge in [0.1, 0.15) is 5.75 Å². The van der Waals surface area contributed by atoms with Gasteiger partial charge >= 0.3 is 51.4 Å². The molecule has 1 saturated heterocycles. The van der Waals surface area contributed by atoms with Gasteiger partial charge in [-0.05, 0) is 45.4 Å². The molecule has 0 unspecified atom stereocenters. The van der Waals surface area contributed by atoms with E-state index in [0.717, 1.165) is 45.0 Å². The normalized spacial score (nSPS) is 13.9. The van der Waals surface area contributed by atoms with Gasteiger partial charge in [0, 0.05) is 18.9 Å². The number of nitrogens with one attached hydrogen (secondary N) is 1. The summed E-state index contributed by atoms with van der Waals surface area (Å²) in [5.74, 6) is 0.843. The zero-order chi connectivity index (χ0) is 23.5. The Morgan fingerprint density at radius 1 is 1.31 bits per heavy atom. The summed E-state index contributed by atoms with van der Waals surface area (Å²) in [5, 5.41) is 2.75. The minimum absolute atomic E-state index is 0. The van der Waals surface area contributed by atoms with E-state index in [2.05, 4.69) is 23.2 Å². The number of para-hydroxylation sites is 1. The van der Waals surface area contributed by atoms with Crippen molar-refractivity contribution in [2.75, 3.05) is 47.0 Å². The molecular weight excluding hydrogens is 431 g/mol. The number of morpholine rings is 1. The van der Waals surface area contributed by atoms with E-state index in [0.29, 0.717) is 17.7 Å². The van der Waals surface area contributed by atoms with Crippen LogP contribution in [0, 0.1) is 19.9 Å². The van der Waals surface area contributed by atoms with Gasteiger partial charge < -0.3 is 36.2 Å². The molecule has 0 aliphatic carbocycles. The molecule has 2 rings (SSSR count). The standard InChI is InChI=1S/C10H13NO2.C8H10O.C7H14NO.K/c1-4-5-9(8(2)13)10(11-3)6-7-12;1-7-5-3-4-6-8(7)9-2;1-2-3-8-4-6-9-7-5-8;/h6,11H,4H2,1-3H3;3-6H,1-2H3;1-7H2;/q-2;;-1;+1/b10-6+;;;. The smallest absolute Gasteiger partial charge is 0.496 e. The molecule has 174 valence electrons. The van der Waals surface area contributed by atoms with E-state index in [-0.39, 0.29) is 57.2 Å². The molecule has 1 heterocycles. The van der Waals surface area contributed by atoms with Gasteiger partial charge in [-0.1, -0.05) is 31.5 Å². The maximum Gasteiger partial charge on any atom is 1.00 e. The predicted octanol–water partition coefficient (Wildman–Crippen LogP) is 0.478. The summed E-state index contributed by atoms with van der Waals surface area (Å²) in [7, 11) is 3.33. The Hall–Kier alpha value is -0.804. The zero-order valence-electron chi connectivity index (χ0n) is 20.6. The van der Waals surface area contributed by atoms with Gasteiger partial charge in [0.05, 0.1) is 20.3 Å². The van der Waals surface area contributed by atoms with Crippen molar-refractivity contribution in [2.24, 2.45) is 0 Å². The number of methoxy groups -OCH3 is 1. The topological polar surface area (TPSA) is 67.9 Å². The molecule has 0 amide bonds. The Morgan fingerprint density at radius 2 is 1.94 bits per heavy atom. The number of ketones is 1. The molecule has 1 aliphatic rings. The third kappa shape index (κ3) is 15.1. The SMILES string of the molecule is CC[C-]=C(C(C)=O)/C(=C\[C-]=O)NC.COc1ccccc1C.[CH2-]CCN1CCOCC1.[K+]. The molecule has 32 heavy (non-hydrogen) atoms. The molecule has 1 aromatic rings. The number of benzene rings is 1. The summed E-state index contributed by atoms with van der Waals surface area (Å²) in [6, 6.07) is 7.94. The van der Waals surface area contributed by atoms with Crippen LogP contribution in [-0.4, -0.2) is 64.0 Å². The fourth-order valence-electron chi connectivity index (χ4n) is 2.75. The molecular formula is C25H37KN2O4-2. The summed E-state index contributed by atoms with van der Waals surface area (Å²) >= 11 is 0. The monoisotopic (exact) mass is 468 g/mol. The van der Waals surface area contributed by atoms with Crippen LogP contribution in [0.5, 0.6) is 5.75 Å². The molecule has 0 spiro atoms. The van der Waals surface area contributed by atoms with Crippen LogP contribution in [0.2, 0.25) is 0 Å². The molecule has 6 nitrogen and oxygen atoms in total. The van der Waals surface area contributed by atoms with Gasteiger partial charge in [-0.2, -0.15) is 18.1 Å². The number of hydrogen-bond acceptors (Lipinski definition) is 6. The largest absolute Gasteiger partial charge is 1.00 e. The van der Waals surface area contributed by atoms with Gasteiger partial charge in [0.15, 0.2) is 0 Å². The van der Waals surface area contributed by atoms with Gasteiger partial charge in [-0.25, -0.2) is 6.08 Å². The first-order valence-corrected chi connectivity index (χ1v) is 10.5. The maximum absolute atomic E-state index is 11.1. The van der Waals surface area contributed by atoms with Crippen molar-refractivity contribution in [3.8, 4) is 5.75 Å². The summed E-state index contributed by atoms with van der Waals surface area (Å²) in [4.78, 5) is 23.6. The van der Waals surface area contributed by atoms with Gasteiger partial charge in [-0.3, -0.25) is 0 Å². The molecule has 0 saturated carbocycles. The number of carbonyl (C=O) groups excluding carboxylic acids is 2. The molecule has 1 aliphatic heterocycles. The van der Waals surface area contributed by atoms with Crippen LogP contribution in [0.15, 0.2) is 41.6 Å². The van der Waals surface area contributed by atoms with Crippen LogP contribution in [-0.2, 0) is 14.3 Å². The fourth-order valence-corrected chi connectivity index (χ4v) is 2.75. The molecule has 1 N–H and O–H groups in total. The number of carbonyl (C=O) groups is 1. The van der Waals surface area contributed by atoms with Crippen LogP contribution >= 0.6 is 0 Å². The Balaban J connectivity index is 0. The Bertz CT molecular complexity index is 696. The molecule has 0 aromatic heterocycles. The van der Waals surface area contributed by atoms with E-state index in [1.54, 1.807) is 20.4 Å². The Kier molecular flexibility index (Phi) is 23.0. The first-order chi connectivity index (χ1) is 14.9. The summed E-state index contributed by atoms with van der Waals surface area (Å²) in [6.45, 7) is 14.3. The van der Waals surface area contributed by atoms with Crippen molar-refractivity contribution < 1.29 is 70.4 Å². The number of likely N-dealkylation sites (N-methyl/N-ethyl adjacent to an activating group) is 1. The van der Waals surface area contributed by atoms with E-state index in [1.807, 2.05) is 38.1 Å². The van der Waals surface area contributed by atoms with Crippen molar-refractivity contribution in [3.63, 3.8) is 0 Å². The zero-order valence-corrected chi connectivity index (χ0v) is 23.7. The number of hydrogen-bond donors (Lipinski definition) is 1. The molecule has 1 aromatic carbocycles. The molecule has 7 heteroatoms. The molecule has 0 atom stereocenters.